The summed E-state index contributed by atoms with van der Waals surface area (Å²) >= 11 is 5.90. The van der Waals surface area contributed by atoms with Gasteiger partial charge in [-0.1, -0.05) is 23.7 Å². The van der Waals surface area contributed by atoms with E-state index in [-0.39, 0.29) is 6.61 Å². The van der Waals surface area contributed by atoms with Crippen LogP contribution in [0.25, 0.3) is 0 Å². The molecule has 7 nitrogen and oxygen atoms in total. The van der Waals surface area contributed by atoms with Crippen LogP contribution in [0.15, 0.2) is 42.5 Å². The van der Waals surface area contributed by atoms with Crippen molar-refractivity contribution in [2.45, 2.75) is 26.1 Å². The van der Waals surface area contributed by atoms with Crippen LogP contribution in [0.3, 0.4) is 0 Å². The third-order valence-electron chi connectivity index (χ3n) is 3.92. The van der Waals surface area contributed by atoms with Gasteiger partial charge in [0.2, 0.25) is 6.10 Å². The predicted octanol–water partition coefficient (Wildman–Crippen LogP) is 2.40. The molecule has 0 saturated carbocycles. The number of benzene rings is 2. The molecule has 0 aromatic heterocycles. The number of hydrogen-bond acceptors (Lipinski definition) is 5. The standard InChI is InChI=1S/C19H19ClN2O5/c1-11-9-13(20)7-8-14(11)26-12(2)18(23)21-22-19(24)17-10-25-15-5-3-4-6-16(15)27-17/h3-9,12,17H,10H2,1-2H3,(H,21,23)(H,22,24). The third-order valence-corrected chi connectivity index (χ3v) is 4.15. The van der Waals surface area contributed by atoms with E-state index in [0.29, 0.717) is 22.3 Å². The molecule has 8 heteroatoms. The lowest BCUT2D eigenvalue weighted by molar-refractivity contribution is -0.137. The van der Waals surface area contributed by atoms with Crippen molar-refractivity contribution < 1.29 is 23.8 Å². The summed E-state index contributed by atoms with van der Waals surface area (Å²) in [5.41, 5.74) is 5.46. The van der Waals surface area contributed by atoms with Gasteiger partial charge in [-0.15, -0.1) is 0 Å². The fourth-order valence-corrected chi connectivity index (χ4v) is 2.67. The van der Waals surface area contributed by atoms with E-state index in [1.165, 1.54) is 0 Å². The molecule has 2 amide bonds. The Morgan fingerprint density at radius 1 is 1.19 bits per heavy atom. The average Bonchev–Trinajstić information content (AvgIpc) is 2.67. The Morgan fingerprint density at radius 3 is 2.67 bits per heavy atom. The van der Waals surface area contributed by atoms with Crippen molar-refractivity contribution >= 4 is 23.4 Å². The highest BCUT2D eigenvalue weighted by Gasteiger charge is 2.28. The van der Waals surface area contributed by atoms with Crippen molar-refractivity contribution in [3.63, 3.8) is 0 Å². The highest BCUT2D eigenvalue weighted by atomic mass is 35.5. The Bertz CT molecular complexity index is 858. The molecule has 0 spiro atoms. The van der Waals surface area contributed by atoms with E-state index in [9.17, 15) is 9.59 Å². The highest BCUT2D eigenvalue weighted by Crippen LogP contribution is 2.30. The Balaban J connectivity index is 1.50. The van der Waals surface area contributed by atoms with Gasteiger partial charge in [-0.05, 0) is 49.7 Å². The molecule has 2 N–H and O–H groups in total. The quantitative estimate of drug-likeness (QED) is 0.783. The second-order valence-electron chi connectivity index (χ2n) is 6.01. The minimum absolute atomic E-state index is 0.0503. The van der Waals surface area contributed by atoms with Gasteiger partial charge in [0.1, 0.15) is 12.4 Å². The van der Waals surface area contributed by atoms with Crippen LogP contribution in [-0.2, 0) is 9.59 Å². The Kier molecular flexibility index (Phi) is 5.71. The van der Waals surface area contributed by atoms with Crippen molar-refractivity contribution in [3.05, 3.63) is 53.1 Å². The summed E-state index contributed by atoms with van der Waals surface area (Å²) in [6, 6.07) is 12.1. The molecule has 0 fully saturated rings. The average molecular weight is 391 g/mol. The van der Waals surface area contributed by atoms with Crippen molar-refractivity contribution in [2.75, 3.05) is 6.61 Å². The van der Waals surface area contributed by atoms with Crippen molar-refractivity contribution in [2.24, 2.45) is 0 Å². The minimum atomic E-state index is -0.866. The molecule has 0 bridgehead atoms. The van der Waals surface area contributed by atoms with Gasteiger partial charge in [-0.2, -0.15) is 0 Å². The number of para-hydroxylation sites is 2. The fraction of sp³-hybridized carbons (Fsp3) is 0.263. The van der Waals surface area contributed by atoms with Gasteiger partial charge in [0.15, 0.2) is 17.6 Å². The minimum Gasteiger partial charge on any atom is -0.485 e. The fourth-order valence-electron chi connectivity index (χ4n) is 2.44. The van der Waals surface area contributed by atoms with Gasteiger partial charge in [-0.25, -0.2) is 0 Å². The summed E-state index contributed by atoms with van der Waals surface area (Å²) in [5.74, 6) is 0.563. The Hall–Kier alpha value is -2.93. The maximum Gasteiger partial charge on any atom is 0.283 e. The van der Waals surface area contributed by atoms with E-state index in [1.807, 2.05) is 13.0 Å². The smallest absolute Gasteiger partial charge is 0.283 e. The number of aryl methyl sites for hydroxylation is 1. The molecule has 2 aromatic rings. The number of hydrogen-bond donors (Lipinski definition) is 2. The molecular weight excluding hydrogens is 372 g/mol. The Morgan fingerprint density at radius 2 is 1.93 bits per heavy atom. The predicted molar refractivity (Wildman–Crippen MR) is 98.9 cm³/mol. The highest BCUT2D eigenvalue weighted by molar-refractivity contribution is 6.30. The summed E-state index contributed by atoms with van der Waals surface area (Å²) in [6.07, 6.45) is -1.69. The summed E-state index contributed by atoms with van der Waals surface area (Å²) in [6.45, 7) is 3.45. The van der Waals surface area contributed by atoms with Crippen molar-refractivity contribution in [1.82, 2.24) is 10.9 Å². The number of halogens is 1. The number of hydrazine groups is 1. The van der Waals surface area contributed by atoms with E-state index in [0.717, 1.165) is 5.56 Å². The van der Waals surface area contributed by atoms with Crippen LogP contribution in [0, 0.1) is 6.92 Å². The number of nitrogens with one attached hydrogen (secondary N) is 2. The molecule has 1 aliphatic heterocycles. The van der Waals surface area contributed by atoms with Crippen molar-refractivity contribution in [1.29, 1.82) is 0 Å². The Labute approximate surface area is 161 Å². The van der Waals surface area contributed by atoms with E-state index < -0.39 is 24.0 Å². The number of carbonyl (C=O) groups excluding carboxylic acids is 2. The monoisotopic (exact) mass is 390 g/mol. The van der Waals surface area contributed by atoms with Crippen LogP contribution >= 0.6 is 11.6 Å². The largest absolute Gasteiger partial charge is 0.485 e. The van der Waals surface area contributed by atoms with Gasteiger partial charge in [0.05, 0.1) is 0 Å². The molecular formula is C19H19ClN2O5. The SMILES string of the molecule is Cc1cc(Cl)ccc1OC(C)C(=O)NNC(=O)C1COc2ccccc2O1. The second kappa shape index (κ2) is 8.18. The zero-order valence-corrected chi connectivity index (χ0v) is 15.6. The number of fused-ring (bicyclic) bond motifs is 1. The first-order valence-electron chi connectivity index (χ1n) is 8.35. The first kappa shape index (κ1) is 18.8. The lowest BCUT2D eigenvalue weighted by Gasteiger charge is -2.25. The molecule has 3 rings (SSSR count). The summed E-state index contributed by atoms with van der Waals surface area (Å²) in [5, 5.41) is 0.584. The maximum absolute atomic E-state index is 12.2. The first-order valence-corrected chi connectivity index (χ1v) is 8.73. The zero-order valence-electron chi connectivity index (χ0n) is 14.8. The van der Waals surface area contributed by atoms with Crippen LogP contribution in [0.4, 0.5) is 0 Å². The topological polar surface area (TPSA) is 85.9 Å². The maximum atomic E-state index is 12.2. The van der Waals surface area contributed by atoms with Crippen LogP contribution in [0.1, 0.15) is 12.5 Å². The normalized spacial score (nSPS) is 16.2. The zero-order chi connectivity index (χ0) is 19.4. The molecule has 2 atom stereocenters. The van der Waals surface area contributed by atoms with Crippen LogP contribution < -0.4 is 25.1 Å². The number of carbonyl (C=O) groups is 2. The summed E-state index contributed by atoms with van der Waals surface area (Å²) < 4.78 is 16.7. The second-order valence-corrected chi connectivity index (χ2v) is 6.45. The summed E-state index contributed by atoms with van der Waals surface area (Å²) in [7, 11) is 0. The van der Waals surface area contributed by atoms with Gasteiger partial charge in [0, 0.05) is 5.02 Å². The molecule has 1 aliphatic rings. The lowest BCUT2D eigenvalue weighted by Crippen LogP contribution is -2.53. The molecule has 2 unspecified atom stereocenters. The molecule has 27 heavy (non-hydrogen) atoms. The molecule has 0 aliphatic carbocycles. The first-order chi connectivity index (χ1) is 12.9. The van der Waals surface area contributed by atoms with E-state index in [4.69, 9.17) is 25.8 Å². The molecule has 0 saturated heterocycles. The number of amides is 2. The van der Waals surface area contributed by atoms with Crippen molar-refractivity contribution in [3.8, 4) is 17.2 Å². The van der Waals surface area contributed by atoms with Gasteiger partial charge in [0.25, 0.3) is 11.8 Å². The third kappa shape index (κ3) is 4.62. The van der Waals surface area contributed by atoms with E-state index >= 15 is 0 Å². The molecule has 1 heterocycles. The number of ether oxygens (including phenoxy) is 3. The lowest BCUT2D eigenvalue weighted by atomic mass is 10.2. The number of rotatable bonds is 4. The molecule has 0 radical (unpaired) electrons. The van der Waals surface area contributed by atoms with Crippen LogP contribution in [0.5, 0.6) is 17.2 Å². The van der Waals surface area contributed by atoms with E-state index in [2.05, 4.69) is 10.9 Å². The van der Waals surface area contributed by atoms with Gasteiger partial charge < -0.3 is 14.2 Å². The molecule has 2 aromatic carbocycles. The summed E-state index contributed by atoms with van der Waals surface area (Å²) in [4.78, 5) is 24.4. The van der Waals surface area contributed by atoms with E-state index in [1.54, 1.807) is 43.3 Å². The molecule has 142 valence electrons. The van der Waals surface area contributed by atoms with Gasteiger partial charge in [-0.3, -0.25) is 20.4 Å². The van der Waals surface area contributed by atoms with Crippen LogP contribution in [0.2, 0.25) is 5.02 Å². The van der Waals surface area contributed by atoms with Crippen LogP contribution in [-0.4, -0.2) is 30.6 Å². The van der Waals surface area contributed by atoms with Gasteiger partial charge >= 0.3 is 0 Å².